The smallest absolute Gasteiger partial charge is 0.108 e. The van der Waals surface area contributed by atoms with Crippen molar-refractivity contribution in [3.63, 3.8) is 0 Å². The van der Waals surface area contributed by atoms with E-state index in [0.717, 1.165) is 29.0 Å². The highest BCUT2D eigenvalue weighted by Crippen LogP contribution is 2.30. The molecule has 1 aliphatic carbocycles. The summed E-state index contributed by atoms with van der Waals surface area (Å²) in [5.74, 6) is 1.14. The number of aromatic nitrogens is 1. The summed E-state index contributed by atoms with van der Waals surface area (Å²) in [5.41, 5.74) is 2.37. The maximum atomic E-state index is 5.49. The van der Waals surface area contributed by atoms with E-state index in [1.54, 1.807) is 6.26 Å². The summed E-state index contributed by atoms with van der Waals surface area (Å²) in [7, 11) is 0. The number of nitrogens with one attached hydrogen (secondary N) is 1. The van der Waals surface area contributed by atoms with Gasteiger partial charge in [-0.05, 0) is 47.0 Å². The Labute approximate surface area is 115 Å². The molecule has 0 saturated heterocycles. The van der Waals surface area contributed by atoms with Gasteiger partial charge in [0.15, 0.2) is 0 Å². The van der Waals surface area contributed by atoms with Crippen LogP contribution in [0, 0.1) is 0 Å². The molecule has 0 spiro atoms. The van der Waals surface area contributed by atoms with Crippen LogP contribution in [0.25, 0.3) is 0 Å². The molecule has 3 rings (SSSR count). The molecular formula is C14H15BrN2O. The third-order valence-electron chi connectivity index (χ3n) is 3.35. The molecule has 0 aliphatic heterocycles. The minimum atomic E-state index is 0.397. The van der Waals surface area contributed by atoms with Crippen LogP contribution in [0.5, 0.6) is 0 Å². The Kier molecular flexibility index (Phi) is 3.48. The molecule has 0 aromatic carbocycles. The second-order valence-electron chi connectivity index (χ2n) is 4.58. The third kappa shape index (κ3) is 2.49. The summed E-state index contributed by atoms with van der Waals surface area (Å²) >= 11 is 3.39. The Bertz CT molecular complexity index is 538. The normalized spacial score (nSPS) is 18.6. The van der Waals surface area contributed by atoms with Crippen molar-refractivity contribution < 1.29 is 4.42 Å². The van der Waals surface area contributed by atoms with Crippen LogP contribution in [-0.2, 0) is 13.0 Å². The molecule has 1 aliphatic rings. The lowest BCUT2D eigenvalue weighted by Crippen LogP contribution is -2.24. The number of rotatable bonds is 3. The first-order chi connectivity index (χ1) is 8.83. The molecule has 2 aromatic heterocycles. The predicted octanol–water partition coefficient (Wildman–Crippen LogP) is 3.60. The van der Waals surface area contributed by atoms with E-state index >= 15 is 0 Å². The number of halogens is 1. The maximum Gasteiger partial charge on any atom is 0.108 e. The van der Waals surface area contributed by atoms with Crippen molar-refractivity contribution in [3.8, 4) is 0 Å². The molecule has 3 nitrogen and oxygen atoms in total. The summed E-state index contributed by atoms with van der Waals surface area (Å²) in [6, 6.07) is 8.47. The van der Waals surface area contributed by atoms with Crippen LogP contribution >= 0.6 is 15.9 Å². The van der Waals surface area contributed by atoms with E-state index in [9.17, 15) is 0 Å². The Balaban J connectivity index is 1.68. The Morgan fingerprint density at radius 3 is 3.22 bits per heavy atom. The van der Waals surface area contributed by atoms with Crippen molar-refractivity contribution in [1.29, 1.82) is 0 Å². The molecule has 94 valence electrons. The Morgan fingerprint density at radius 2 is 2.33 bits per heavy atom. The maximum absolute atomic E-state index is 5.49. The van der Waals surface area contributed by atoms with Crippen LogP contribution in [0.4, 0.5) is 0 Å². The van der Waals surface area contributed by atoms with Crippen LogP contribution in [-0.4, -0.2) is 4.98 Å². The topological polar surface area (TPSA) is 38.1 Å². The Morgan fingerprint density at radius 1 is 1.39 bits per heavy atom. The van der Waals surface area contributed by atoms with E-state index in [2.05, 4.69) is 32.3 Å². The quantitative estimate of drug-likeness (QED) is 0.880. The Hall–Kier alpha value is -1.13. The van der Waals surface area contributed by atoms with E-state index < -0.39 is 0 Å². The van der Waals surface area contributed by atoms with Crippen molar-refractivity contribution in [2.24, 2.45) is 0 Å². The number of furan rings is 1. The zero-order chi connectivity index (χ0) is 12.4. The fourth-order valence-electron chi connectivity index (χ4n) is 2.47. The lowest BCUT2D eigenvalue weighted by atomic mass is 9.93. The SMILES string of the molecule is Brc1cccc(CNC2CCCc3occc32)n1. The highest BCUT2D eigenvalue weighted by atomic mass is 79.9. The van der Waals surface area contributed by atoms with Gasteiger partial charge < -0.3 is 9.73 Å². The number of hydrogen-bond donors (Lipinski definition) is 1. The number of pyridine rings is 1. The van der Waals surface area contributed by atoms with Gasteiger partial charge in [-0.25, -0.2) is 4.98 Å². The van der Waals surface area contributed by atoms with Crippen LogP contribution < -0.4 is 5.32 Å². The summed E-state index contributed by atoms with van der Waals surface area (Å²) in [6.45, 7) is 0.786. The van der Waals surface area contributed by atoms with Gasteiger partial charge in [-0.2, -0.15) is 0 Å². The first kappa shape index (κ1) is 11.9. The highest BCUT2D eigenvalue weighted by Gasteiger charge is 2.21. The van der Waals surface area contributed by atoms with Crippen molar-refractivity contribution in [1.82, 2.24) is 10.3 Å². The molecule has 0 saturated carbocycles. The molecule has 4 heteroatoms. The van der Waals surface area contributed by atoms with Crippen molar-refractivity contribution in [2.45, 2.75) is 31.8 Å². The van der Waals surface area contributed by atoms with Gasteiger partial charge in [0, 0.05) is 24.6 Å². The van der Waals surface area contributed by atoms with Crippen LogP contribution in [0.2, 0.25) is 0 Å². The molecule has 0 fully saturated rings. The van der Waals surface area contributed by atoms with Crippen LogP contribution in [0.15, 0.2) is 39.5 Å². The van der Waals surface area contributed by atoms with Gasteiger partial charge in [-0.1, -0.05) is 6.07 Å². The number of hydrogen-bond acceptors (Lipinski definition) is 3. The van der Waals surface area contributed by atoms with Gasteiger partial charge in [0.1, 0.15) is 10.4 Å². The van der Waals surface area contributed by atoms with Gasteiger partial charge >= 0.3 is 0 Å². The first-order valence-corrected chi connectivity index (χ1v) is 7.03. The average molecular weight is 307 g/mol. The van der Waals surface area contributed by atoms with Crippen molar-refractivity contribution in [3.05, 3.63) is 52.1 Å². The fraction of sp³-hybridized carbons (Fsp3) is 0.357. The monoisotopic (exact) mass is 306 g/mol. The lowest BCUT2D eigenvalue weighted by molar-refractivity contribution is 0.409. The van der Waals surface area contributed by atoms with Gasteiger partial charge in [0.2, 0.25) is 0 Å². The minimum absolute atomic E-state index is 0.397. The number of fused-ring (bicyclic) bond motifs is 1. The third-order valence-corrected chi connectivity index (χ3v) is 3.80. The summed E-state index contributed by atoms with van der Waals surface area (Å²) in [6.07, 6.45) is 5.21. The minimum Gasteiger partial charge on any atom is -0.469 e. The van der Waals surface area contributed by atoms with Crippen molar-refractivity contribution in [2.75, 3.05) is 0 Å². The molecule has 1 N–H and O–H groups in total. The molecule has 2 heterocycles. The largest absolute Gasteiger partial charge is 0.469 e. The molecule has 1 atom stereocenters. The fourth-order valence-corrected chi connectivity index (χ4v) is 2.86. The van der Waals surface area contributed by atoms with Gasteiger partial charge in [0.25, 0.3) is 0 Å². The van der Waals surface area contributed by atoms with E-state index in [1.165, 1.54) is 18.4 Å². The van der Waals surface area contributed by atoms with E-state index in [0.29, 0.717) is 6.04 Å². The summed E-state index contributed by atoms with van der Waals surface area (Å²) < 4.78 is 6.38. The van der Waals surface area contributed by atoms with Gasteiger partial charge in [-0.3, -0.25) is 0 Å². The first-order valence-electron chi connectivity index (χ1n) is 6.24. The van der Waals surface area contributed by atoms with Crippen LogP contribution in [0.1, 0.15) is 35.9 Å². The molecule has 0 bridgehead atoms. The molecule has 0 radical (unpaired) electrons. The summed E-state index contributed by atoms with van der Waals surface area (Å²) in [4.78, 5) is 4.43. The summed E-state index contributed by atoms with van der Waals surface area (Å²) in [5, 5.41) is 3.56. The zero-order valence-electron chi connectivity index (χ0n) is 10.0. The van der Waals surface area contributed by atoms with Gasteiger partial charge in [-0.15, -0.1) is 0 Å². The van der Waals surface area contributed by atoms with Crippen molar-refractivity contribution >= 4 is 15.9 Å². The molecule has 2 aromatic rings. The van der Waals surface area contributed by atoms with E-state index in [1.807, 2.05) is 18.2 Å². The van der Waals surface area contributed by atoms with Gasteiger partial charge in [0.05, 0.1) is 12.0 Å². The second kappa shape index (κ2) is 5.24. The lowest BCUT2D eigenvalue weighted by Gasteiger charge is -2.22. The van der Waals surface area contributed by atoms with E-state index in [4.69, 9.17) is 4.42 Å². The molecule has 18 heavy (non-hydrogen) atoms. The molecular weight excluding hydrogens is 292 g/mol. The van der Waals surface area contributed by atoms with E-state index in [-0.39, 0.29) is 0 Å². The molecule has 1 unspecified atom stereocenters. The van der Waals surface area contributed by atoms with Crippen LogP contribution in [0.3, 0.4) is 0 Å². The number of aryl methyl sites for hydroxylation is 1. The predicted molar refractivity (Wildman–Crippen MR) is 73.2 cm³/mol. The second-order valence-corrected chi connectivity index (χ2v) is 5.39. The standard InChI is InChI=1S/C14H15BrN2O/c15-14-6-1-3-10(17-14)9-16-12-4-2-5-13-11(12)7-8-18-13/h1,3,6-8,12,16H,2,4-5,9H2. The number of nitrogens with zero attached hydrogens (tertiary/aromatic N) is 1. The average Bonchev–Trinajstić information content (AvgIpc) is 2.85. The highest BCUT2D eigenvalue weighted by molar-refractivity contribution is 9.10. The zero-order valence-corrected chi connectivity index (χ0v) is 11.6. The molecule has 0 amide bonds.